The minimum Gasteiger partial charge on any atom is -0.457 e. The minimum absolute atomic E-state index is 0.183. The molecule has 0 aromatic heterocycles. The van der Waals surface area contributed by atoms with Gasteiger partial charge in [-0.2, -0.15) is 0 Å². The lowest BCUT2D eigenvalue weighted by atomic mass is 10.1. The first-order chi connectivity index (χ1) is 24.7. The van der Waals surface area contributed by atoms with Crippen LogP contribution in [0.3, 0.4) is 0 Å². The van der Waals surface area contributed by atoms with Crippen LogP contribution in [-0.4, -0.2) is 37.0 Å². The number of rotatable bonds is 38. The number of hydrogen-bond acceptors (Lipinski definition) is 4. The van der Waals surface area contributed by atoms with Crippen molar-refractivity contribution in [3.8, 4) is 0 Å². The topological polar surface area (TPSA) is 55.8 Å². The second kappa shape index (κ2) is 43.0. The number of aliphatic hydroxyl groups excluding tert-OH is 1. The third kappa shape index (κ3) is 40.3. The highest BCUT2D eigenvalue weighted by Gasteiger charge is 2.13. The molecular weight excluding hydrogens is 617 g/mol. The Bertz CT molecular complexity index is 865. The molecule has 1 N–H and O–H groups in total. The molecule has 0 bridgehead atoms. The number of esters is 1. The monoisotopic (exact) mass is 697 g/mol. The van der Waals surface area contributed by atoms with E-state index in [0.717, 1.165) is 57.8 Å². The summed E-state index contributed by atoms with van der Waals surface area (Å²) in [5.41, 5.74) is 0. The molecule has 4 nitrogen and oxygen atoms in total. The summed E-state index contributed by atoms with van der Waals surface area (Å²) in [4.78, 5) is 12.2. The zero-order valence-electron chi connectivity index (χ0n) is 32.9. The lowest BCUT2D eigenvalue weighted by Crippen LogP contribution is -2.27. The zero-order chi connectivity index (χ0) is 36.3. The van der Waals surface area contributed by atoms with E-state index in [0.29, 0.717) is 13.0 Å². The Labute approximate surface area is 310 Å². The van der Waals surface area contributed by atoms with Crippen molar-refractivity contribution in [2.45, 2.75) is 193 Å². The highest BCUT2D eigenvalue weighted by molar-refractivity contribution is 5.69. The van der Waals surface area contributed by atoms with Gasteiger partial charge in [-0.25, -0.2) is 0 Å². The summed E-state index contributed by atoms with van der Waals surface area (Å²) in [5, 5.41) is 9.60. The molecule has 0 spiro atoms. The second-order valence-corrected chi connectivity index (χ2v) is 13.7. The van der Waals surface area contributed by atoms with Gasteiger partial charge in [-0.1, -0.05) is 170 Å². The first kappa shape index (κ1) is 47.8. The van der Waals surface area contributed by atoms with E-state index in [1.807, 2.05) is 0 Å². The van der Waals surface area contributed by atoms with E-state index in [2.05, 4.69) is 86.8 Å². The fraction of sp³-hybridized carbons (Fsp3) is 0.717. The minimum atomic E-state index is -0.548. The fourth-order valence-corrected chi connectivity index (χ4v) is 5.64. The second-order valence-electron chi connectivity index (χ2n) is 13.7. The van der Waals surface area contributed by atoms with Crippen LogP contribution in [0, 0.1) is 0 Å². The van der Waals surface area contributed by atoms with Crippen molar-refractivity contribution in [1.82, 2.24) is 0 Å². The maximum absolute atomic E-state index is 12.2. The maximum Gasteiger partial charge on any atom is 0.306 e. The Morgan fingerprint density at radius 1 is 0.500 bits per heavy atom. The molecule has 0 fully saturated rings. The third-order valence-corrected chi connectivity index (χ3v) is 8.77. The average Bonchev–Trinajstić information content (AvgIpc) is 3.12. The summed E-state index contributed by atoms with van der Waals surface area (Å²) in [6.45, 7) is 5.18. The summed E-state index contributed by atoms with van der Waals surface area (Å²) in [6.07, 6.45) is 58.1. The predicted octanol–water partition coefficient (Wildman–Crippen LogP) is 13.8. The van der Waals surface area contributed by atoms with Gasteiger partial charge in [0.05, 0.1) is 13.2 Å². The highest BCUT2D eigenvalue weighted by Crippen LogP contribution is 2.12. The molecule has 0 saturated heterocycles. The first-order valence-electron chi connectivity index (χ1n) is 21.0. The van der Waals surface area contributed by atoms with Gasteiger partial charge >= 0.3 is 5.97 Å². The van der Waals surface area contributed by atoms with Crippen LogP contribution in [0.15, 0.2) is 72.9 Å². The first-order valence-corrected chi connectivity index (χ1v) is 21.0. The van der Waals surface area contributed by atoms with E-state index < -0.39 is 6.10 Å². The molecule has 0 amide bonds. The molecule has 0 aromatic carbocycles. The van der Waals surface area contributed by atoms with Gasteiger partial charge in [0.15, 0.2) is 0 Å². The van der Waals surface area contributed by atoms with Crippen molar-refractivity contribution in [2.75, 3.05) is 19.8 Å². The van der Waals surface area contributed by atoms with Gasteiger partial charge < -0.3 is 14.6 Å². The Kier molecular flexibility index (Phi) is 41.1. The van der Waals surface area contributed by atoms with Crippen LogP contribution in [0.25, 0.3) is 0 Å². The Morgan fingerprint density at radius 3 is 1.36 bits per heavy atom. The molecule has 0 rings (SSSR count). The van der Waals surface area contributed by atoms with E-state index in [1.54, 1.807) is 0 Å². The summed E-state index contributed by atoms with van der Waals surface area (Å²) < 4.78 is 11.1. The van der Waals surface area contributed by atoms with Crippen molar-refractivity contribution in [3.63, 3.8) is 0 Å². The van der Waals surface area contributed by atoms with Crippen molar-refractivity contribution >= 4 is 5.97 Å². The SMILES string of the molecule is CC/C=C\C/C=C\C/C=C\C/C=C\CCCCCCCCCOCC(CO)OC(=O)CCCCCCCCC/C=C\C/C=C\CCCCCC. The van der Waals surface area contributed by atoms with Gasteiger partial charge in [-0.05, 0) is 83.5 Å². The van der Waals surface area contributed by atoms with E-state index in [9.17, 15) is 9.90 Å². The fourth-order valence-electron chi connectivity index (χ4n) is 5.64. The standard InChI is InChI=1S/C46H80O4/c1-3-5-7-9-11-13-15-17-19-21-23-24-26-28-30-32-34-36-38-40-42-49-44-45(43-47)50-46(48)41-39-37-35-33-31-29-27-25-22-20-18-16-14-12-10-8-6-4-2/h5,7,11,13-14,16-17,19-20,22-24,45,47H,3-4,6,8-10,12,15,18,21,25-44H2,1-2H3/b7-5-,13-11-,16-14-,19-17-,22-20-,24-23-. The number of ether oxygens (including phenoxy) is 2. The van der Waals surface area contributed by atoms with Gasteiger partial charge in [-0.15, -0.1) is 0 Å². The molecule has 50 heavy (non-hydrogen) atoms. The van der Waals surface area contributed by atoms with E-state index in [1.165, 1.54) is 109 Å². The smallest absolute Gasteiger partial charge is 0.306 e. The summed E-state index contributed by atoms with van der Waals surface area (Å²) >= 11 is 0. The van der Waals surface area contributed by atoms with Gasteiger partial charge in [0.25, 0.3) is 0 Å². The zero-order valence-corrected chi connectivity index (χ0v) is 32.9. The number of aliphatic hydroxyl groups is 1. The molecule has 0 heterocycles. The molecule has 1 unspecified atom stereocenters. The lowest BCUT2D eigenvalue weighted by Gasteiger charge is -2.15. The van der Waals surface area contributed by atoms with Crippen LogP contribution < -0.4 is 0 Å². The summed E-state index contributed by atoms with van der Waals surface area (Å²) in [7, 11) is 0. The van der Waals surface area contributed by atoms with Crippen molar-refractivity contribution in [1.29, 1.82) is 0 Å². The van der Waals surface area contributed by atoms with E-state index >= 15 is 0 Å². The third-order valence-electron chi connectivity index (χ3n) is 8.77. The van der Waals surface area contributed by atoms with Crippen LogP contribution in [0.5, 0.6) is 0 Å². The normalized spacial score (nSPS) is 13.1. The Balaban J connectivity index is 3.50. The van der Waals surface area contributed by atoms with Crippen LogP contribution in [0.1, 0.15) is 187 Å². The van der Waals surface area contributed by atoms with Crippen molar-refractivity contribution < 1.29 is 19.4 Å². The summed E-state index contributed by atoms with van der Waals surface area (Å²) in [6, 6.07) is 0. The highest BCUT2D eigenvalue weighted by atomic mass is 16.6. The molecule has 288 valence electrons. The predicted molar refractivity (Wildman–Crippen MR) is 219 cm³/mol. The maximum atomic E-state index is 12.2. The number of carbonyl (C=O) groups excluding carboxylic acids is 1. The number of hydrogen-bond donors (Lipinski definition) is 1. The Hall–Kier alpha value is -2.17. The molecule has 0 aliphatic heterocycles. The number of allylic oxidation sites excluding steroid dienone is 12. The van der Waals surface area contributed by atoms with Crippen molar-refractivity contribution in [2.24, 2.45) is 0 Å². The lowest BCUT2D eigenvalue weighted by molar-refractivity contribution is -0.154. The summed E-state index contributed by atoms with van der Waals surface area (Å²) in [5.74, 6) is -0.215. The quantitative estimate of drug-likeness (QED) is 0.0397. The van der Waals surface area contributed by atoms with Gasteiger partial charge in [-0.3, -0.25) is 4.79 Å². The molecular formula is C46H80O4. The van der Waals surface area contributed by atoms with Gasteiger partial charge in [0.1, 0.15) is 6.10 Å². The largest absolute Gasteiger partial charge is 0.457 e. The van der Waals surface area contributed by atoms with Crippen LogP contribution in [-0.2, 0) is 14.3 Å². The van der Waals surface area contributed by atoms with E-state index in [-0.39, 0.29) is 19.2 Å². The molecule has 0 aliphatic rings. The van der Waals surface area contributed by atoms with Crippen LogP contribution >= 0.6 is 0 Å². The Morgan fingerprint density at radius 2 is 0.900 bits per heavy atom. The van der Waals surface area contributed by atoms with Gasteiger partial charge in [0, 0.05) is 13.0 Å². The number of unbranched alkanes of at least 4 members (excludes halogenated alkanes) is 18. The van der Waals surface area contributed by atoms with Gasteiger partial charge in [0.2, 0.25) is 0 Å². The average molecular weight is 697 g/mol. The molecule has 0 saturated carbocycles. The van der Waals surface area contributed by atoms with Crippen molar-refractivity contribution in [3.05, 3.63) is 72.9 Å². The molecule has 0 aliphatic carbocycles. The van der Waals surface area contributed by atoms with E-state index in [4.69, 9.17) is 9.47 Å². The van der Waals surface area contributed by atoms with Crippen LogP contribution in [0.4, 0.5) is 0 Å². The van der Waals surface area contributed by atoms with Crippen LogP contribution in [0.2, 0.25) is 0 Å². The molecule has 1 atom stereocenters. The number of carbonyl (C=O) groups is 1. The molecule has 0 aromatic rings. The molecule has 0 radical (unpaired) electrons. The molecule has 4 heteroatoms.